The Balaban J connectivity index is 1.44. The summed E-state index contributed by atoms with van der Waals surface area (Å²) < 4.78 is 1.04. The highest BCUT2D eigenvalue weighted by atomic mass is 35.5. The lowest BCUT2D eigenvalue weighted by atomic mass is 9.90. The predicted molar refractivity (Wildman–Crippen MR) is 137 cm³/mol. The zero-order valence-corrected chi connectivity index (χ0v) is 19.9. The highest BCUT2D eigenvalue weighted by Gasteiger charge is 2.31. The highest BCUT2D eigenvalue weighted by molar-refractivity contribution is 7.21. The molecule has 1 saturated carbocycles. The lowest BCUT2D eigenvalue weighted by Gasteiger charge is -2.36. The normalized spacial score (nSPS) is 18.4. The van der Waals surface area contributed by atoms with Crippen LogP contribution in [0.4, 0.5) is 0 Å². The second kappa shape index (κ2) is 9.64. The van der Waals surface area contributed by atoms with E-state index in [-0.39, 0.29) is 18.0 Å². The molecule has 0 spiro atoms. The molecule has 5 rings (SSSR count). The van der Waals surface area contributed by atoms with E-state index in [1.165, 1.54) is 11.3 Å². The number of carbonyl (C=O) groups excluding carboxylic acids is 1. The van der Waals surface area contributed by atoms with Crippen LogP contribution in [0.15, 0.2) is 73.1 Å². The molecule has 33 heavy (non-hydrogen) atoms. The Kier molecular flexibility index (Phi) is 6.45. The van der Waals surface area contributed by atoms with Crippen molar-refractivity contribution in [1.29, 1.82) is 0 Å². The van der Waals surface area contributed by atoms with Gasteiger partial charge >= 0.3 is 0 Å². The minimum atomic E-state index is 0.0138. The van der Waals surface area contributed by atoms with Crippen LogP contribution >= 0.6 is 22.9 Å². The van der Waals surface area contributed by atoms with Crippen LogP contribution in [0.3, 0.4) is 0 Å². The van der Waals surface area contributed by atoms with E-state index in [9.17, 15) is 4.79 Å². The lowest BCUT2D eigenvalue weighted by molar-refractivity contribution is 0.0611. The third-order valence-corrected chi connectivity index (χ3v) is 8.16. The van der Waals surface area contributed by atoms with Crippen LogP contribution in [-0.4, -0.2) is 27.9 Å². The van der Waals surface area contributed by atoms with Gasteiger partial charge in [-0.1, -0.05) is 54.1 Å². The van der Waals surface area contributed by atoms with Gasteiger partial charge in [-0.15, -0.1) is 11.3 Å². The minimum absolute atomic E-state index is 0.0138. The quantitative estimate of drug-likeness (QED) is 0.357. The first kappa shape index (κ1) is 22.1. The molecule has 2 aromatic carbocycles. The first-order valence-corrected chi connectivity index (χ1v) is 12.5. The average Bonchev–Trinajstić information content (AvgIpc) is 3.20. The molecule has 6 heteroatoms. The van der Waals surface area contributed by atoms with Gasteiger partial charge in [0.15, 0.2) is 0 Å². The Morgan fingerprint density at radius 1 is 0.970 bits per heavy atom. The Morgan fingerprint density at radius 3 is 2.33 bits per heavy atom. The highest BCUT2D eigenvalue weighted by Crippen LogP contribution is 2.37. The van der Waals surface area contributed by atoms with E-state index in [2.05, 4.69) is 29.2 Å². The molecule has 0 radical (unpaired) electrons. The maximum Gasteiger partial charge on any atom is 0.266 e. The molecule has 2 aromatic heterocycles. The summed E-state index contributed by atoms with van der Waals surface area (Å²) in [7, 11) is 0. The molecule has 1 aliphatic rings. The Hall–Kier alpha value is -2.73. The molecule has 0 atom stereocenters. The maximum atomic E-state index is 13.8. The van der Waals surface area contributed by atoms with Gasteiger partial charge in [0.1, 0.15) is 4.88 Å². The number of hydrogen-bond donors (Lipinski definition) is 1. The second-order valence-corrected chi connectivity index (χ2v) is 10.1. The van der Waals surface area contributed by atoms with Gasteiger partial charge in [-0.05, 0) is 60.6 Å². The molecule has 4 nitrogen and oxygen atoms in total. The van der Waals surface area contributed by atoms with Gasteiger partial charge in [-0.3, -0.25) is 9.78 Å². The van der Waals surface area contributed by atoms with Crippen molar-refractivity contribution >= 4 is 38.9 Å². The second-order valence-electron chi connectivity index (χ2n) is 8.68. The van der Waals surface area contributed by atoms with E-state index in [1.54, 1.807) is 12.4 Å². The van der Waals surface area contributed by atoms with Crippen LogP contribution in [-0.2, 0) is 6.54 Å². The number of fused-ring (bicyclic) bond motifs is 1. The molecule has 168 valence electrons. The number of pyridine rings is 1. The van der Waals surface area contributed by atoms with Gasteiger partial charge in [-0.25, -0.2) is 0 Å². The Labute approximate surface area is 203 Å². The fraction of sp³-hybridized carbons (Fsp3) is 0.259. The number of aromatic nitrogens is 1. The summed E-state index contributed by atoms with van der Waals surface area (Å²) in [6.45, 7) is 0.555. The fourth-order valence-corrected chi connectivity index (χ4v) is 6.07. The smallest absolute Gasteiger partial charge is 0.266 e. The predicted octanol–water partition coefficient (Wildman–Crippen LogP) is 6.53. The summed E-state index contributed by atoms with van der Waals surface area (Å²) in [6.07, 6.45) is 7.32. The monoisotopic (exact) mass is 475 g/mol. The molecule has 0 aliphatic heterocycles. The van der Waals surface area contributed by atoms with Gasteiger partial charge in [-0.2, -0.15) is 0 Å². The van der Waals surface area contributed by atoms with Crippen molar-refractivity contribution in [3.63, 3.8) is 0 Å². The van der Waals surface area contributed by atoms with E-state index in [4.69, 9.17) is 17.3 Å². The van der Waals surface area contributed by atoms with Crippen molar-refractivity contribution in [2.45, 2.75) is 44.3 Å². The standard InChI is InChI=1S/C27H26ClN3OS/c28-25-23-3-1-2-4-24(23)33-26(25)27(32)31(22-11-9-21(29)10-12-22)17-18-5-7-19(8-6-18)20-13-15-30-16-14-20/h1-8,13-16,21-22H,9-12,17,29H2. The van der Waals surface area contributed by atoms with Gasteiger partial charge in [0, 0.05) is 41.1 Å². The minimum Gasteiger partial charge on any atom is -0.331 e. The summed E-state index contributed by atoms with van der Waals surface area (Å²) in [6, 6.07) is 20.8. The van der Waals surface area contributed by atoms with E-state index in [0.717, 1.165) is 52.5 Å². The zero-order valence-electron chi connectivity index (χ0n) is 18.3. The number of carbonyl (C=O) groups is 1. The molecule has 0 saturated heterocycles. The molecule has 4 aromatic rings. The van der Waals surface area contributed by atoms with Crippen molar-refractivity contribution in [3.05, 3.63) is 88.5 Å². The number of thiophene rings is 1. The van der Waals surface area contributed by atoms with E-state index in [0.29, 0.717) is 16.4 Å². The van der Waals surface area contributed by atoms with Crippen molar-refractivity contribution in [2.75, 3.05) is 0 Å². The maximum absolute atomic E-state index is 13.8. The number of nitrogens with two attached hydrogens (primary N) is 1. The van der Waals surface area contributed by atoms with Crippen LogP contribution in [0.25, 0.3) is 21.2 Å². The third-order valence-electron chi connectivity index (χ3n) is 6.49. The molecule has 1 amide bonds. The first-order chi connectivity index (χ1) is 16.1. The Morgan fingerprint density at radius 2 is 1.64 bits per heavy atom. The summed E-state index contributed by atoms with van der Waals surface area (Å²) in [5.74, 6) is 0.0138. The molecule has 1 fully saturated rings. The van der Waals surface area contributed by atoms with Crippen LogP contribution < -0.4 is 5.73 Å². The van der Waals surface area contributed by atoms with Crippen molar-refractivity contribution < 1.29 is 4.79 Å². The molecule has 0 bridgehead atoms. The molecular weight excluding hydrogens is 450 g/mol. The van der Waals surface area contributed by atoms with Crippen LogP contribution in [0.5, 0.6) is 0 Å². The summed E-state index contributed by atoms with van der Waals surface area (Å²) >= 11 is 8.17. The molecule has 2 heterocycles. The van der Waals surface area contributed by atoms with Crippen molar-refractivity contribution in [2.24, 2.45) is 5.73 Å². The first-order valence-electron chi connectivity index (χ1n) is 11.3. The SMILES string of the molecule is NC1CCC(N(Cc2ccc(-c3ccncc3)cc2)C(=O)c2sc3ccccc3c2Cl)CC1. The summed E-state index contributed by atoms with van der Waals surface area (Å²) in [4.78, 5) is 20.6. The van der Waals surface area contributed by atoms with Gasteiger partial charge in [0.25, 0.3) is 5.91 Å². The summed E-state index contributed by atoms with van der Waals surface area (Å²) in [5, 5.41) is 1.51. The number of hydrogen-bond acceptors (Lipinski definition) is 4. The van der Waals surface area contributed by atoms with Gasteiger partial charge in [0.05, 0.1) is 5.02 Å². The lowest BCUT2D eigenvalue weighted by Crippen LogP contribution is -2.43. The number of halogens is 1. The molecule has 0 unspecified atom stereocenters. The van der Waals surface area contributed by atoms with Gasteiger partial charge in [0.2, 0.25) is 0 Å². The molecular formula is C27H26ClN3OS. The molecule has 2 N–H and O–H groups in total. The van der Waals surface area contributed by atoms with E-state index in [1.807, 2.05) is 41.3 Å². The van der Waals surface area contributed by atoms with Crippen LogP contribution in [0.1, 0.15) is 40.9 Å². The summed E-state index contributed by atoms with van der Waals surface area (Å²) in [5.41, 5.74) is 9.52. The van der Waals surface area contributed by atoms with E-state index < -0.39 is 0 Å². The largest absolute Gasteiger partial charge is 0.331 e. The zero-order chi connectivity index (χ0) is 22.8. The average molecular weight is 476 g/mol. The topological polar surface area (TPSA) is 59.2 Å². The van der Waals surface area contributed by atoms with Crippen molar-refractivity contribution in [1.82, 2.24) is 9.88 Å². The number of amides is 1. The van der Waals surface area contributed by atoms with Gasteiger partial charge < -0.3 is 10.6 Å². The number of nitrogens with zero attached hydrogens (tertiary/aromatic N) is 2. The fourth-order valence-electron chi connectivity index (χ4n) is 4.61. The van der Waals surface area contributed by atoms with Crippen LogP contribution in [0.2, 0.25) is 5.02 Å². The van der Waals surface area contributed by atoms with Crippen LogP contribution in [0, 0.1) is 0 Å². The number of benzene rings is 2. The van der Waals surface area contributed by atoms with Crippen molar-refractivity contribution in [3.8, 4) is 11.1 Å². The third kappa shape index (κ3) is 4.67. The Bertz CT molecular complexity index is 1250. The number of rotatable bonds is 5. The van der Waals surface area contributed by atoms with E-state index >= 15 is 0 Å². The molecule has 1 aliphatic carbocycles.